The van der Waals surface area contributed by atoms with E-state index in [-0.39, 0.29) is 0 Å². The number of nitrogens with zero attached hydrogens (tertiary/aromatic N) is 4. The van der Waals surface area contributed by atoms with Crippen molar-refractivity contribution in [2.45, 2.75) is 0 Å². The Morgan fingerprint density at radius 2 is 0.773 bits per heavy atom. The average molecular weight is 561 g/mol. The number of hydrogen-bond acceptors (Lipinski definition) is 4. The van der Waals surface area contributed by atoms with Crippen molar-refractivity contribution in [3.8, 4) is 33.4 Å². The van der Waals surface area contributed by atoms with Gasteiger partial charge in [0, 0.05) is 47.0 Å². The second kappa shape index (κ2) is 9.79. The molecule has 0 N–H and O–H groups in total. The highest BCUT2D eigenvalue weighted by Crippen LogP contribution is 2.46. The third kappa shape index (κ3) is 3.64. The third-order valence-electron chi connectivity index (χ3n) is 8.80. The van der Waals surface area contributed by atoms with E-state index in [0.29, 0.717) is 0 Å². The molecule has 4 nitrogen and oxygen atoms in total. The van der Waals surface area contributed by atoms with Gasteiger partial charge in [-0.1, -0.05) is 103 Å². The molecule has 2 aromatic heterocycles. The fourth-order valence-electron chi connectivity index (χ4n) is 7.02. The first-order chi connectivity index (χ1) is 21.9. The largest absolute Gasteiger partial charge is 0.244 e. The molecule has 0 atom stereocenters. The van der Waals surface area contributed by atoms with E-state index < -0.39 is 0 Å². The summed E-state index contributed by atoms with van der Waals surface area (Å²) in [5, 5.41) is 12.0. The minimum Gasteiger partial charge on any atom is -0.244 e. The zero-order chi connectivity index (χ0) is 29.0. The molecule has 0 spiro atoms. The van der Waals surface area contributed by atoms with Gasteiger partial charge in [0.1, 0.15) is 12.7 Å². The first kappa shape index (κ1) is 24.6. The van der Waals surface area contributed by atoms with Crippen molar-refractivity contribution in [1.82, 2.24) is 19.9 Å². The highest BCUT2D eigenvalue weighted by Gasteiger charge is 2.19. The molecule has 0 aliphatic rings. The molecule has 9 aromatic rings. The first-order valence-corrected chi connectivity index (χ1v) is 14.7. The Hall–Kier alpha value is -6.00. The van der Waals surface area contributed by atoms with Crippen molar-refractivity contribution < 1.29 is 0 Å². The van der Waals surface area contributed by atoms with Crippen LogP contribution in [0.15, 0.2) is 147 Å². The van der Waals surface area contributed by atoms with Gasteiger partial charge in [0.2, 0.25) is 0 Å². The van der Waals surface area contributed by atoms with E-state index in [1.165, 1.54) is 65.0 Å². The van der Waals surface area contributed by atoms with Crippen molar-refractivity contribution >= 4 is 53.9 Å². The van der Waals surface area contributed by atoms with Crippen LogP contribution in [-0.2, 0) is 0 Å². The molecule has 204 valence electrons. The molecular weight excluding hydrogens is 536 g/mol. The maximum atomic E-state index is 4.36. The molecule has 2 heterocycles. The molecule has 9 rings (SSSR count). The monoisotopic (exact) mass is 560 g/mol. The van der Waals surface area contributed by atoms with Crippen LogP contribution >= 0.6 is 0 Å². The van der Waals surface area contributed by atoms with E-state index in [1.807, 2.05) is 24.8 Å². The number of fused-ring (bicyclic) bond motifs is 6. The highest BCUT2D eigenvalue weighted by molar-refractivity contribution is 6.26. The molecule has 0 amide bonds. The standard InChI is InChI=1S/C40H24N4/c1-2-9-28-25(8-1)18-37-29-14-7-15-31(30(29)16-17-36(37)38(28)26-19-41-23-42-20-26)40-34-12-5-3-10-32(34)39(27-21-43-24-44-22-27)33-11-4-6-13-35(33)40/h1-24H. The van der Waals surface area contributed by atoms with Crippen LogP contribution in [-0.4, -0.2) is 19.9 Å². The van der Waals surface area contributed by atoms with Gasteiger partial charge >= 0.3 is 0 Å². The molecular formula is C40H24N4. The SMILES string of the molecule is c1ccc2c(-c3cncnc3)c3ccc4c(-c5c6ccccc6c(-c6cncnc6)c6ccccc56)cccc4c3cc2c1. The zero-order valence-corrected chi connectivity index (χ0v) is 23.6. The van der Waals surface area contributed by atoms with Crippen LogP contribution in [0.1, 0.15) is 0 Å². The minimum absolute atomic E-state index is 1.01. The molecule has 0 unspecified atom stereocenters. The molecule has 0 bridgehead atoms. The van der Waals surface area contributed by atoms with Gasteiger partial charge in [-0.2, -0.15) is 0 Å². The van der Waals surface area contributed by atoms with Crippen molar-refractivity contribution in [3.05, 3.63) is 147 Å². The summed E-state index contributed by atoms with van der Waals surface area (Å²) in [6, 6.07) is 39.6. The Bertz CT molecular complexity index is 2480. The molecule has 0 aliphatic carbocycles. The van der Waals surface area contributed by atoms with Crippen LogP contribution in [0, 0.1) is 0 Å². The number of hydrogen-bond donors (Lipinski definition) is 0. The van der Waals surface area contributed by atoms with E-state index in [9.17, 15) is 0 Å². The number of benzene rings is 7. The van der Waals surface area contributed by atoms with Gasteiger partial charge < -0.3 is 0 Å². The second-order valence-corrected chi connectivity index (χ2v) is 11.1. The van der Waals surface area contributed by atoms with Crippen LogP contribution in [0.4, 0.5) is 0 Å². The summed E-state index contributed by atoms with van der Waals surface area (Å²) >= 11 is 0. The molecule has 0 saturated carbocycles. The topological polar surface area (TPSA) is 51.6 Å². The van der Waals surface area contributed by atoms with E-state index in [2.05, 4.69) is 129 Å². The Morgan fingerprint density at radius 3 is 1.39 bits per heavy atom. The molecule has 0 radical (unpaired) electrons. The van der Waals surface area contributed by atoms with Crippen molar-refractivity contribution in [3.63, 3.8) is 0 Å². The fourth-order valence-corrected chi connectivity index (χ4v) is 7.02. The van der Waals surface area contributed by atoms with E-state index in [0.717, 1.165) is 22.3 Å². The summed E-state index contributed by atoms with van der Waals surface area (Å²) in [4.78, 5) is 17.4. The van der Waals surface area contributed by atoms with Gasteiger partial charge in [-0.3, -0.25) is 0 Å². The number of rotatable bonds is 3. The summed E-state index contributed by atoms with van der Waals surface area (Å²) in [6.07, 6.45) is 10.8. The van der Waals surface area contributed by atoms with Crippen molar-refractivity contribution in [1.29, 1.82) is 0 Å². The predicted octanol–water partition coefficient (Wildman–Crippen LogP) is 10.0. The van der Waals surface area contributed by atoms with E-state index in [4.69, 9.17) is 0 Å². The predicted molar refractivity (Wildman–Crippen MR) is 181 cm³/mol. The van der Waals surface area contributed by atoms with Crippen molar-refractivity contribution in [2.24, 2.45) is 0 Å². The van der Waals surface area contributed by atoms with Gasteiger partial charge in [0.05, 0.1) is 0 Å². The van der Waals surface area contributed by atoms with Gasteiger partial charge in [0.25, 0.3) is 0 Å². The summed E-state index contributed by atoms with van der Waals surface area (Å²) < 4.78 is 0. The summed E-state index contributed by atoms with van der Waals surface area (Å²) in [7, 11) is 0. The zero-order valence-electron chi connectivity index (χ0n) is 23.6. The van der Waals surface area contributed by atoms with E-state index >= 15 is 0 Å². The van der Waals surface area contributed by atoms with Crippen LogP contribution in [0.2, 0.25) is 0 Å². The van der Waals surface area contributed by atoms with Crippen LogP contribution in [0.5, 0.6) is 0 Å². The Kier molecular flexibility index (Phi) is 5.47. The van der Waals surface area contributed by atoms with Gasteiger partial charge in [-0.15, -0.1) is 0 Å². The molecule has 7 aromatic carbocycles. The Balaban J connectivity index is 1.42. The minimum atomic E-state index is 1.01. The van der Waals surface area contributed by atoms with Crippen LogP contribution in [0.25, 0.3) is 87.2 Å². The van der Waals surface area contributed by atoms with Crippen LogP contribution in [0.3, 0.4) is 0 Å². The lowest BCUT2D eigenvalue weighted by molar-refractivity contribution is 1.17. The smallest absolute Gasteiger partial charge is 0.115 e. The fraction of sp³-hybridized carbons (Fsp3) is 0. The normalized spacial score (nSPS) is 11.6. The molecule has 0 fully saturated rings. The molecule has 0 aliphatic heterocycles. The maximum absolute atomic E-state index is 4.36. The summed E-state index contributed by atoms with van der Waals surface area (Å²) in [5.74, 6) is 0. The molecule has 4 heteroatoms. The van der Waals surface area contributed by atoms with Gasteiger partial charge in [0.15, 0.2) is 0 Å². The molecule has 44 heavy (non-hydrogen) atoms. The lowest BCUT2D eigenvalue weighted by Crippen LogP contribution is -1.93. The maximum Gasteiger partial charge on any atom is 0.115 e. The average Bonchev–Trinajstić information content (AvgIpc) is 3.10. The van der Waals surface area contributed by atoms with Crippen molar-refractivity contribution in [2.75, 3.05) is 0 Å². The van der Waals surface area contributed by atoms with E-state index in [1.54, 1.807) is 12.7 Å². The highest BCUT2D eigenvalue weighted by atomic mass is 14.8. The third-order valence-corrected chi connectivity index (χ3v) is 8.80. The van der Waals surface area contributed by atoms with Crippen LogP contribution < -0.4 is 0 Å². The quantitative estimate of drug-likeness (QED) is 0.159. The summed E-state index contributed by atoms with van der Waals surface area (Å²) in [6.45, 7) is 0. The van der Waals surface area contributed by atoms with Gasteiger partial charge in [-0.25, -0.2) is 19.9 Å². The lowest BCUT2D eigenvalue weighted by atomic mass is 9.84. The lowest BCUT2D eigenvalue weighted by Gasteiger charge is -2.19. The Labute approximate surface area is 253 Å². The van der Waals surface area contributed by atoms with Gasteiger partial charge in [-0.05, 0) is 71.1 Å². The Morgan fingerprint density at radius 1 is 0.318 bits per heavy atom. The number of aromatic nitrogens is 4. The summed E-state index contributed by atoms with van der Waals surface area (Å²) in [5.41, 5.74) is 6.80. The second-order valence-electron chi connectivity index (χ2n) is 11.1. The first-order valence-electron chi connectivity index (χ1n) is 14.7. The molecule has 0 saturated heterocycles.